The van der Waals surface area contributed by atoms with Gasteiger partial charge >= 0.3 is 5.97 Å². The van der Waals surface area contributed by atoms with Crippen LogP contribution in [0.1, 0.15) is 24.6 Å². The SMILES string of the molecule is Cc1c2n(c3ccccc13)CCO[C@@]2(C)CC(=O)O. The maximum atomic E-state index is 11.1. The summed E-state index contributed by atoms with van der Waals surface area (Å²) in [5, 5.41) is 10.3. The number of nitrogens with zero attached hydrogens (tertiary/aromatic N) is 1. The number of aromatic nitrogens is 1. The number of aryl methyl sites for hydroxylation is 1. The second-order valence-corrected chi connectivity index (χ2v) is 5.29. The van der Waals surface area contributed by atoms with E-state index in [4.69, 9.17) is 9.84 Å². The van der Waals surface area contributed by atoms with E-state index in [1.807, 2.05) is 26.0 Å². The normalized spacial score (nSPS) is 22.4. The zero-order valence-corrected chi connectivity index (χ0v) is 11.1. The standard InChI is InChI=1S/C15H17NO3/c1-10-11-5-3-4-6-12(11)16-7-8-19-15(2,14(10)16)9-13(17)18/h3-6H,7-9H2,1-2H3,(H,17,18)/t15-/m0/s1. The Morgan fingerprint density at radius 1 is 1.47 bits per heavy atom. The Labute approximate surface area is 111 Å². The highest BCUT2D eigenvalue weighted by Crippen LogP contribution is 2.39. The Hall–Kier alpha value is -1.81. The van der Waals surface area contributed by atoms with Crippen molar-refractivity contribution in [3.63, 3.8) is 0 Å². The van der Waals surface area contributed by atoms with E-state index in [1.165, 1.54) is 5.39 Å². The number of hydrogen-bond donors (Lipinski definition) is 1. The van der Waals surface area contributed by atoms with Gasteiger partial charge in [-0.25, -0.2) is 0 Å². The van der Waals surface area contributed by atoms with Crippen LogP contribution in [0.2, 0.25) is 0 Å². The van der Waals surface area contributed by atoms with Crippen LogP contribution >= 0.6 is 0 Å². The summed E-state index contributed by atoms with van der Waals surface area (Å²) < 4.78 is 8.02. The van der Waals surface area contributed by atoms with Crippen molar-refractivity contribution in [3.8, 4) is 0 Å². The van der Waals surface area contributed by atoms with Crippen molar-refractivity contribution in [2.75, 3.05) is 6.61 Å². The number of benzene rings is 1. The number of para-hydroxylation sites is 1. The molecule has 0 spiro atoms. The summed E-state index contributed by atoms with van der Waals surface area (Å²) >= 11 is 0. The molecule has 1 aromatic heterocycles. The molecule has 1 aliphatic rings. The van der Waals surface area contributed by atoms with Gasteiger partial charge in [-0.3, -0.25) is 4.79 Å². The molecule has 1 aliphatic heterocycles. The number of aliphatic carboxylic acids is 1. The summed E-state index contributed by atoms with van der Waals surface area (Å²) in [5.74, 6) is -0.833. The quantitative estimate of drug-likeness (QED) is 0.902. The molecule has 0 amide bonds. The van der Waals surface area contributed by atoms with E-state index in [-0.39, 0.29) is 6.42 Å². The average molecular weight is 259 g/mol. The van der Waals surface area contributed by atoms with Crippen LogP contribution in [0.15, 0.2) is 24.3 Å². The van der Waals surface area contributed by atoms with Gasteiger partial charge in [0, 0.05) is 17.4 Å². The van der Waals surface area contributed by atoms with Crippen molar-refractivity contribution >= 4 is 16.9 Å². The van der Waals surface area contributed by atoms with Crippen LogP contribution in [0.4, 0.5) is 0 Å². The maximum Gasteiger partial charge on any atom is 0.306 e. The first kappa shape index (κ1) is 12.2. The highest BCUT2D eigenvalue weighted by Gasteiger charge is 2.38. The summed E-state index contributed by atoms with van der Waals surface area (Å²) in [6.45, 7) is 5.24. The van der Waals surface area contributed by atoms with Crippen LogP contribution in [0.3, 0.4) is 0 Å². The number of rotatable bonds is 2. The van der Waals surface area contributed by atoms with E-state index < -0.39 is 11.6 Å². The lowest BCUT2D eigenvalue weighted by Gasteiger charge is -2.35. The van der Waals surface area contributed by atoms with Gasteiger partial charge in [0.05, 0.1) is 18.7 Å². The Morgan fingerprint density at radius 3 is 2.95 bits per heavy atom. The van der Waals surface area contributed by atoms with Crippen molar-refractivity contribution < 1.29 is 14.6 Å². The van der Waals surface area contributed by atoms with E-state index in [1.54, 1.807) is 0 Å². The molecule has 3 rings (SSSR count). The first-order valence-electron chi connectivity index (χ1n) is 6.47. The van der Waals surface area contributed by atoms with Gasteiger partial charge in [0.1, 0.15) is 5.60 Å². The third-order valence-corrected chi connectivity index (χ3v) is 3.95. The number of ether oxygens (including phenoxy) is 1. The van der Waals surface area contributed by atoms with Crippen LogP contribution in [0, 0.1) is 6.92 Å². The molecule has 2 heterocycles. The number of carboxylic acid groups (broad SMARTS) is 1. The van der Waals surface area contributed by atoms with Crippen LogP contribution in [0.5, 0.6) is 0 Å². The smallest absolute Gasteiger partial charge is 0.306 e. The molecular weight excluding hydrogens is 242 g/mol. The van der Waals surface area contributed by atoms with Gasteiger partial charge < -0.3 is 14.4 Å². The van der Waals surface area contributed by atoms with Gasteiger partial charge in [-0.15, -0.1) is 0 Å². The minimum absolute atomic E-state index is 0.00976. The number of fused-ring (bicyclic) bond motifs is 3. The molecule has 0 saturated carbocycles. The minimum atomic E-state index is -0.833. The largest absolute Gasteiger partial charge is 0.481 e. The molecule has 100 valence electrons. The van der Waals surface area contributed by atoms with Crippen molar-refractivity contribution in [3.05, 3.63) is 35.5 Å². The molecule has 1 atom stereocenters. The number of hydrogen-bond acceptors (Lipinski definition) is 2. The fourth-order valence-corrected chi connectivity index (χ4v) is 3.24. The first-order valence-corrected chi connectivity index (χ1v) is 6.47. The van der Waals surface area contributed by atoms with Crippen LogP contribution in [0.25, 0.3) is 10.9 Å². The molecule has 0 aliphatic carbocycles. The van der Waals surface area contributed by atoms with Gasteiger partial charge in [-0.2, -0.15) is 0 Å². The van der Waals surface area contributed by atoms with Gasteiger partial charge in [-0.1, -0.05) is 18.2 Å². The van der Waals surface area contributed by atoms with Crippen molar-refractivity contribution in [2.24, 2.45) is 0 Å². The van der Waals surface area contributed by atoms with E-state index in [9.17, 15) is 4.79 Å². The second kappa shape index (κ2) is 4.10. The van der Waals surface area contributed by atoms with Crippen LogP contribution < -0.4 is 0 Å². The zero-order valence-electron chi connectivity index (χ0n) is 11.1. The predicted molar refractivity (Wildman–Crippen MR) is 72.2 cm³/mol. The number of carboxylic acids is 1. The van der Waals surface area contributed by atoms with E-state index in [0.717, 1.165) is 23.3 Å². The van der Waals surface area contributed by atoms with Gasteiger partial charge in [-0.05, 0) is 25.5 Å². The fourth-order valence-electron chi connectivity index (χ4n) is 3.24. The Morgan fingerprint density at radius 2 is 2.21 bits per heavy atom. The van der Waals surface area contributed by atoms with Crippen molar-refractivity contribution in [1.82, 2.24) is 4.57 Å². The third kappa shape index (κ3) is 1.75. The summed E-state index contributed by atoms with van der Waals surface area (Å²) in [4.78, 5) is 11.1. The maximum absolute atomic E-state index is 11.1. The molecule has 1 N–H and O–H groups in total. The molecule has 19 heavy (non-hydrogen) atoms. The Bertz CT molecular complexity index is 659. The highest BCUT2D eigenvalue weighted by molar-refractivity contribution is 5.86. The monoisotopic (exact) mass is 259 g/mol. The van der Waals surface area contributed by atoms with E-state index >= 15 is 0 Å². The Balaban J connectivity index is 2.27. The van der Waals surface area contributed by atoms with Crippen molar-refractivity contribution in [2.45, 2.75) is 32.4 Å². The predicted octanol–water partition coefficient (Wildman–Crippen LogP) is 2.67. The molecule has 1 aromatic carbocycles. The molecule has 0 unspecified atom stereocenters. The molecule has 0 radical (unpaired) electrons. The Kier molecular flexibility index (Phi) is 2.64. The molecule has 2 aromatic rings. The lowest BCUT2D eigenvalue weighted by atomic mass is 9.93. The molecule has 0 bridgehead atoms. The molecule has 4 nitrogen and oxygen atoms in total. The van der Waals surface area contributed by atoms with Crippen molar-refractivity contribution in [1.29, 1.82) is 0 Å². The van der Waals surface area contributed by atoms with Gasteiger partial charge in [0.2, 0.25) is 0 Å². The summed E-state index contributed by atoms with van der Waals surface area (Å²) in [6, 6.07) is 8.19. The fraction of sp³-hybridized carbons (Fsp3) is 0.400. The lowest BCUT2D eigenvalue weighted by Crippen LogP contribution is -2.37. The molecular formula is C15H17NO3. The highest BCUT2D eigenvalue weighted by atomic mass is 16.5. The summed E-state index contributed by atoms with van der Waals surface area (Å²) in [5.41, 5.74) is 2.55. The van der Waals surface area contributed by atoms with Gasteiger partial charge in [0.15, 0.2) is 0 Å². The average Bonchev–Trinajstić information content (AvgIpc) is 2.64. The minimum Gasteiger partial charge on any atom is -0.481 e. The topological polar surface area (TPSA) is 51.5 Å². The summed E-state index contributed by atoms with van der Waals surface area (Å²) in [6.07, 6.45) is -0.00976. The van der Waals surface area contributed by atoms with E-state index in [2.05, 4.69) is 16.7 Å². The molecule has 4 heteroatoms. The van der Waals surface area contributed by atoms with Crippen LogP contribution in [-0.4, -0.2) is 22.2 Å². The third-order valence-electron chi connectivity index (χ3n) is 3.95. The van der Waals surface area contributed by atoms with Crippen LogP contribution in [-0.2, 0) is 21.7 Å². The molecule has 0 fully saturated rings. The first-order chi connectivity index (χ1) is 9.03. The second-order valence-electron chi connectivity index (χ2n) is 5.29. The van der Waals surface area contributed by atoms with Gasteiger partial charge in [0.25, 0.3) is 0 Å². The lowest BCUT2D eigenvalue weighted by molar-refractivity contribution is -0.147. The van der Waals surface area contributed by atoms with E-state index in [0.29, 0.717) is 6.61 Å². The number of carbonyl (C=O) groups is 1. The molecule has 0 saturated heterocycles. The zero-order chi connectivity index (χ0) is 13.6. The summed E-state index contributed by atoms with van der Waals surface area (Å²) in [7, 11) is 0.